The van der Waals surface area contributed by atoms with Crippen molar-refractivity contribution in [3.63, 3.8) is 0 Å². The third-order valence-electron chi connectivity index (χ3n) is 2.66. The Balaban J connectivity index is 2.34. The van der Waals surface area contributed by atoms with E-state index < -0.39 is 16.1 Å². The third-order valence-corrected chi connectivity index (χ3v) is 6.96. The van der Waals surface area contributed by atoms with Crippen molar-refractivity contribution in [2.24, 2.45) is 0 Å². The first-order chi connectivity index (χ1) is 7.93. The molecule has 1 aromatic carbocycles. The molecule has 0 aromatic heterocycles. The maximum absolute atomic E-state index is 12.3. The van der Waals surface area contributed by atoms with E-state index in [2.05, 4.69) is 15.9 Å². The van der Waals surface area contributed by atoms with Crippen LogP contribution in [-0.2, 0) is 10.0 Å². The molecule has 4 nitrogen and oxygen atoms in total. The summed E-state index contributed by atoms with van der Waals surface area (Å²) in [6, 6.07) is 6.52. The Morgan fingerprint density at radius 3 is 2.41 bits per heavy atom. The first-order valence-electron chi connectivity index (χ1n) is 5.02. The molecule has 0 aliphatic carbocycles. The summed E-state index contributed by atoms with van der Waals surface area (Å²) in [6.07, 6.45) is -0.0931. The second-order valence-electron chi connectivity index (χ2n) is 3.80. The molecule has 7 heteroatoms. The number of halogens is 2. The van der Waals surface area contributed by atoms with Gasteiger partial charge in [0, 0.05) is 11.0 Å². The van der Waals surface area contributed by atoms with Crippen molar-refractivity contribution in [2.75, 3.05) is 6.54 Å². The zero-order valence-corrected chi connectivity index (χ0v) is 13.3. The SMILES string of the molecule is O=S(=O)(c1ccc(Br)cc1)N1CCC(O)C1I. The van der Waals surface area contributed by atoms with Crippen LogP contribution in [0.3, 0.4) is 0 Å². The zero-order chi connectivity index (χ0) is 12.6. The van der Waals surface area contributed by atoms with Crippen molar-refractivity contribution in [3.8, 4) is 0 Å². The molecule has 0 amide bonds. The molecular weight excluding hydrogens is 421 g/mol. The molecule has 2 unspecified atom stereocenters. The smallest absolute Gasteiger partial charge is 0.244 e. The van der Waals surface area contributed by atoms with E-state index in [1.807, 2.05) is 22.6 Å². The fourth-order valence-electron chi connectivity index (χ4n) is 1.71. The van der Waals surface area contributed by atoms with Crippen molar-refractivity contribution in [1.29, 1.82) is 0 Å². The molecule has 1 fully saturated rings. The second-order valence-corrected chi connectivity index (χ2v) is 7.88. The van der Waals surface area contributed by atoms with E-state index in [1.54, 1.807) is 24.3 Å². The predicted molar refractivity (Wildman–Crippen MR) is 76.5 cm³/mol. The molecule has 2 atom stereocenters. The van der Waals surface area contributed by atoms with Crippen LogP contribution in [0, 0.1) is 0 Å². The molecule has 2 rings (SSSR count). The van der Waals surface area contributed by atoms with E-state index in [4.69, 9.17) is 0 Å². The lowest BCUT2D eigenvalue weighted by molar-refractivity contribution is 0.183. The minimum absolute atomic E-state index is 0.261. The zero-order valence-electron chi connectivity index (χ0n) is 8.75. The molecule has 0 saturated carbocycles. The molecule has 94 valence electrons. The molecular formula is C10H11BrINO3S. The normalized spacial score (nSPS) is 26.3. The summed E-state index contributed by atoms with van der Waals surface area (Å²) < 4.78 is 26.4. The van der Waals surface area contributed by atoms with Gasteiger partial charge < -0.3 is 5.11 Å². The van der Waals surface area contributed by atoms with Gasteiger partial charge in [-0.25, -0.2) is 8.42 Å². The topological polar surface area (TPSA) is 57.6 Å². The molecule has 0 radical (unpaired) electrons. The number of rotatable bonds is 2. The average Bonchev–Trinajstić information content (AvgIpc) is 2.61. The summed E-state index contributed by atoms with van der Waals surface area (Å²) in [6.45, 7) is 0.368. The molecule has 1 aliphatic rings. The standard InChI is InChI=1S/C10H11BrINO3S/c11-7-1-3-8(4-2-7)17(15,16)13-6-5-9(14)10(13)12/h1-4,9-10,14H,5-6H2. The van der Waals surface area contributed by atoms with Gasteiger partial charge in [0.15, 0.2) is 0 Å². The monoisotopic (exact) mass is 431 g/mol. The van der Waals surface area contributed by atoms with Crippen LogP contribution in [0.15, 0.2) is 33.6 Å². The van der Waals surface area contributed by atoms with Gasteiger partial charge in [0.2, 0.25) is 10.0 Å². The van der Waals surface area contributed by atoms with Crippen LogP contribution in [0.25, 0.3) is 0 Å². The summed E-state index contributed by atoms with van der Waals surface area (Å²) in [5.41, 5.74) is 0. The molecule has 1 aliphatic heterocycles. The Bertz CT molecular complexity index is 505. The molecule has 0 spiro atoms. The largest absolute Gasteiger partial charge is 0.391 e. The van der Waals surface area contributed by atoms with Crippen LogP contribution in [0.4, 0.5) is 0 Å². The summed E-state index contributed by atoms with van der Waals surface area (Å²) in [5, 5.41) is 9.60. The van der Waals surface area contributed by atoms with Gasteiger partial charge in [-0.15, -0.1) is 0 Å². The van der Waals surface area contributed by atoms with Gasteiger partial charge in [0.1, 0.15) is 4.05 Å². The number of hydrogen-bond acceptors (Lipinski definition) is 3. The average molecular weight is 432 g/mol. The van der Waals surface area contributed by atoms with Crippen molar-refractivity contribution >= 4 is 48.5 Å². The number of benzene rings is 1. The van der Waals surface area contributed by atoms with Gasteiger partial charge in [0.25, 0.3) is 0 Å². The fraction of sp³-hybridized carbons (Fsp3) is 0.400. The lowest BCUT2D eigenvalue weighted by Crippen LogP contribution is -2.35. The second kappa shape index (κ2) is 5.12. The van der Waals surface area contributed by atoms with Crippen molar-refractivity contribution in [3.05, 3.63) is 28.7 Å². The van der Waals surface area contributed by atoms with E-state index in [0.29, 0.717) is 13.0 Å². The lowest BCUT2D eigenvalue weighted by Gasteiger charge is -2.20. The minimum atomic E-state index is -3.49. The molecule has 17 heavy (non-hydrogen) atoms. The third kappa shape index (κ3) is 2.67. The van der Waals surface area contributed by atoms with Crippen LogP contribution in [0.5, 0.6) is 0 Å². The van der Waals surface area contributed by atoms with E-state index in [1.165, 1.54) is 4.31 Å². The van der Waals surface area contributed by atoms with Gasteiger partial charge in [-0.05, 0) is 30.7 Å². The van der Waals surface area contributed by atoms with E-state index in [-0.39, 0.29) is 8.94 Å². The summed E-state index contributed by atoms with van der Waals surface area (Å²) in [5.74, 6) is 0. The Kier molecular flexibility index (Phi) is 4.13. The van der Waals surface area contributed by atoms with Crippen molar-refractivity contribution in [1.82, 2.24) is 4.31 Å². The number of sulfonamides is 1. The van der Waals surface area contributed by atoms with Gasteiger partial charge in [-0.1, -0.05) is 38.5 Å². The van der Waals surface area contributed by atoms with E-state index in [9.17, 15) is 13.5 Å². The molecule has 0 bridgehead atoms. The number of aliphatic hydroxyl groups excluding tert-OH is 1. The number of hydrogen-bond donors (Lipinski definition) is 1. The Labute approximate surface area is 122 Å². The number of nitrogens with zero attached hydrogens (tertiary/aromatic N) is 1. The Morgan fingerprint density at radius 1 is 1.35 bits per heavy atom. The summed E-state index contributed by atoms with van der Waals surface area (Å²) >= 11 is 5.23. The minimum Gasteiger partial charge on any atom is -0.391 e. The highest BCUT2D eigenvalue weighted by molar-refractivity contribution is 14.1. The molecule has 1 saturated heterocycles. The van der Waals surface area contributed by atoms with E-state index in [0.717, 1.165) is 4.47 Å². The maximum atomic E-state index is 12.3. The highest BCUT2D eigenvalue weighted by Gasteiger charge is 2.39. The highest BCUT2D eigenvalue weighted by atomic mass is 127. The van der Waals surface area contributed by atoms with Crippen LogP contribution in [0.2, 0.25) is 0 Å². The fourth-order valence-corrected chi connectivity index (χ4v) is 5.01. The van der Waals surface area contributed by atoms with Crippen LogP contribution < -0.4 is 0 Å². The van der Waals surface area contributed by atoms with Gasteiger partial charge in [0.05, 0.1) is 11.0 Å². The predicted octanol–water partition coefficient (Wildman–Crippen LogP) is 1.97. The highest BCUT2D eigenvalue weighted by Crippen LogP contribution is 2.30. The van der Waals surface area contributed by atoms with Crippen molar-refractivity contribution < 1.29 is 13.5 Å². The number of aliphatic hydroxyl groups is 1. The first-order valence-corrected chi connectivity index (χ1v) is 8.50. The number of alkyl halides is 1. The first kappa shape index (κ1) is 13.7. The molecule has 1 heterocycles. The maximum Gasteiger partial charge on any atom is 0.244 e. The van der Waals surface area contributed by atoms with Gasteiger partial charge >= 0.3 is 0 Å². The van der Waals surface area contributed by atoms with E-state index >= 15 is 0 Å². The summed E-state index contributed by atoms with van der Waals surface area (Å²) in [7, 11) is -3.49. The Hall–Kier alpha value is 0.300. The lowest BCUT2D eigenvalue weighted by atomic mass is 10.3. The van der Waals surface area contributed by atoms with Crippen LogP contribution >= 0.6 is 38.5 Å². The van der Waals surface area contributed by atoms with Gasteiger partial charge in [-0.2, -0.15) is 4.31 Å². The summed E-state index contributed by atoms with van der Waals surface area (Å²) in [4.78, 5) is 0.261. The Morgan fingerprint density at radius 2 is 1.94 bits per heavy atom. The molecule has 1 N–H and O–H groups in total. The quantitative estimate of drug-likeness (QED) is 0.442. The van der Waals surface area contributed by atoms with Crippen molar-refractivity contribution in [2.45, 2.75) is 21.5 Å². The van der Waals surface area contributed by atoms with Gasteiger partial charge in [-0.3, -0.25) is 0 Å². The molecule has 1 aromatic rings. The van der Waals surface area contributed by atoms with Crippen LogP contribution in [-0.4, -0.2) is 34.5 Å². The van der Waals surface area contributed by atoms with Crippen LogP contribution in [0.1, 0.15) is 6.42 Å².